The maximum atomic E-state index is 12.5. The van der Waals surface area contributed by atoms with Crippen LogP contribution in [-0.4, -0.2) is 49.7 Å². The molecule has 0 atom stereocenters. The lowest BCUT2D eigenvalue weighted by molar-refractivity contribution is -0.130. The fourth-order valence-electron chi connectivity index (χ4n) is 3.39. The van der Waals surface area contributed by atoms with Gasteiger partial charge in [0, 0.05) is 12.7 Å². The lowest BCUT2D eigenvalue weighted by Crippen LogP contribution is -2.51. The Morgan fingerprint density at radius 2 is 1.67 bits per heavy atom. The molecule has 5 heteroatoms. The molecule has 0 aromatic carbocycles. The lowest BCUT2D eigenvalue weighted by Gasteiger charge is -2.37. The molecule has 2 rings (SSSR count). The summed E-state index contributed by atoms with van der Waals surface area (Å²) in [5.74, 6) is 0.161. The SMILES string of the molecule is CS(=O)(=O)CCC(=O)C1(N2CCCC2)CCCC1. The maximum absolute atomic E-state index is 12.5. The highest BCUT2D eigenvalue weighted by molar-refractivity contribution is 7.90. The molecule has 104 valence electrons. The van der Waals surface area contributed by atoms with E-state index in [0.717, 1.165) is 38.8 Å². The Hall–Kier alpha value is -0.420. The van der Waals surface area contributed by atoms with E-state index in [-0.39, 0.29) is 23.5 Å². The Balaban J connectivity index is 2.07. The summed E-state index contributed by atoms with van der Waals surface area (Å²) < 4.78 is 22.4. The zero-order chi connectivity index (χ0) is 13.2. The van der Waals surface area contributed by atoms with Gasteiger partial charge in [-0.25, -0.2) is 8.42 Å². The van der Waals surface area contributed by atoms with Gasteiger partial charge in [0.05, 0.1) is 11.3 Å². The second-order valence-corrected chi connectivity index (χ2v) is 8.00. The highest BCUT2D eigenvalue weighted by Crippen LogP contribution is 2.38. The zero-order valence-electron chi connectivity index (χ0n) is 11.2. The number of ketones is 1. The summed E-state index contributed by atoms with van der Waals surface area (Å²) in [5.41, 5.74) is -0.318. The molecule has 1 aliphatic carbocycles. The van der Waals surface area contributed by atoms with Gasteiger partial charge in [-0.15, -0.1) is 0 Å². The summed E-state index contributed by atoms with van der Waals surface area (Å²) in [6, 6.07) is 0. The summed E-state index contributed by atoms with van der Waals surface area (Å²) in [7, 11) is -3.04. The fraction of sp³-hybridized carbons (Fsp3) is 0.923. The van der Waals surface area contributed by atoms with E-state index in [9.17, 15) is 13.2 Å². The third-order valence-electron chi connectivity index (χ3n) is 4.36. The monoisotopic (exact) mass is 273 g/mol. The molecule has 0 aromatic heterocycles. The van der Waals surface area contributed by atoms with Gasteiger partial charge in [-0.3, -0.25) is 9.69 Å². The number of carbonyl (C=O) groups is 1. The van der Waals surface area contributed by atoms with Gasteiger partial charge >= 0.3 is 0 Å². The molecular weight excluding hydrogens is 250 g/mol. The van der Waals surface area contributed by atoms with Crippen LogP contribution in [0, 0.1) is 0 Å². The minimum atomic E-state index is -3.04. The average molecular weight is 273 g/mol. The van der Waals surface area contributed by atoms with E-state index in [1.807, 2.05) is 0 Å². The lowest BCUT2D eigenvalue weighted by atomic mass is 9.88. The molecule has 2 aliphatic rings. The summed E-state index contributed by atoms with van der Waals surface area (Å²) in [6.45, 7) is 2.01. The number of hydrogen-bond donors (Lipinski definition) is 0. The Morgan fingerprint density at radius 1 is 1.11 bits per heavy atom. The molecule has 2 fully saturated rings. The van der Waals surface area contributed by atoms with Crippen molar-refractivity contribution in [3.05, 3.63) is 0 Å². The van der Waals surface area contributed by atoms with E-state index in [2.05, 4.69) is 4.90 Å². The highest BCUT2D eigenvalue weighted by atomic mass is 32.2. The number of hydrogen-bond acceptors (Lipinski definition) is 4. The fourth-order valence-corrected chi connectivity index (χ4v) is 3.94. The molecule has 0 N–H and O–H groups in total. The first kappa shape index (κ1) is 14.0. The standard InChI is InChI=1S/C13H23NO3S/c1-18(16,17)11-6-12(15)13(7-2-3-8-13)14-9-4-5-10-14/h2-11H2,1H3. The topological polar surface area (TPSA) is 54.5 Å². The molecule has 0 unspecified atom stereocenters. The Labute approximate surface area is 110 Å². The van der Waals surface area contributed by atoms with Crippen molar-refractivity contribution >= 4 is 15.6 Å². The highest BCUT2D eigenvalue weighted by Gasteiger charge is 2.45. The predicted octanol–water partition coefficient (Wildman–Crippen LogP) is 1.40. The van der Waals surface area contributed by atoms with E-state index < -0.39 is 9.84 Å². The molecule has 1 saturated heterocycles. The Bertz CT molecular complexity index is 404. The van der Waals surface area contributed by atoms with E-state index in [1.54, 1.807) is 0 Å². The van der Waals surface area contributed by atoms with Crippen LogP contribution in [-0.2, 0) is 14.6 Å². The van der Waals surface area contributed by atoms with Crippen molar-refractivity contribution in [1.82, 2.24) is 4.90 Å². The van der Waals surface area contributed by atoms with Crippen LogP contribution < -0.4 is 0 Å². The predicted molar refractivity (Wildman–Crippen MR) is 71.3 cm³/mol. The number of rotatable bonds is 5. The van der Waals surface area contributed by atoms with Crippen molar-refractivity contribution in [2.75, 3.05) is 25.1 Å². The minimum Gasteiger partial charge on any atom is -0.298 e. The van der Waals surface area contributed by atoms with Gasteiger partial charge in [0.25, 0.3) is 0 Å². The van der Waals surface area contributed by atoms with Crippen LogP contribution in [0.15, 0.2) is 0 Å². The van der Waals surface area contributed by atoms with Crippen LogP contribution in [0.25, 0.3) is 0 Å². The van der Waals surface area contributed by atoms with Crippen LogP contribution in [0.1, 0.15) is 44.9 Å². The summed E-state index contributed by atoms with van der Waals surface area (Å²) in [6.07, 6.45) is 7.78. The maximum Gasteiger partial charge on any atom is 0.154 e. The van der Waals surface area contributed by atoms with Gasteiger partial charge in [-0.2, -0.15) is 0 Å². The molecule has 1 aliphatic heterocycles. The number of sulfone groups is 1. The van der Waals surface area contributed by atoms with Crippen LogP contribution >= 0.6 is 0 Å². The van der Waals surface area contributed by atoms with Gasteiger partial charge in [0.15, 0.2) is 5.78 Å². The first-order chi connectivity index (χ1) is 8.44. The smallest absolute Gasteiger partial charge is 0.154 e. The first-order valence-corrected chi connectivity index (χ1v) is 8.96. The van der Waals surface area contributed by atoms with Crippen LogP contribution in [0.3, 0.4) is 0 Å². The summed E-state index contributed by atoms with van der Waals surface area (Å²) in [5, 5.41) is 0. The molecule has 1 heterocycles. The van der Waals surface area contributed by atoms with Crippen LogP contribution in [0.5, 0.6) is 0 Å². The zero-order valence-corrected chi connectivity index (χ0v) is 12.0. The van der Waals surface area contributed by atoms with E-state index in [1.165, 1.54) is 19.1 Å². The van der Waals surface area contributed by atoms with Crippen molar-refractivity contribution in [2.24, 2.45) is 0 Å². The molecular formula is C13H23NO3S. The molecule has 0 aromatic rings. The van der Waals surface area contributed by atoms with E-state index in [0.29, 0.717) is 0 Å². The molecule has 4 nitrogen and oxygen atoms in total. The second-order valence-electron chi connectivity index (χ2n) is 5.74. The van der Waals surface area contributed by atoms with Gasteiger partial charge in [0.1, 0.15) is 9.84 Å². The second kappa shape index (κ2) is 5.29. The van der Waals surface area contributed by atoms with Crippen molar-refractivity contribution in [3.63, 3.8) is 0 Å². The van der Waals surface area contributed by atoms with E-state index >= 15 is 0 Å². The molecule has 18 heavy (non-hydrogen) atoms. The first-order valence-electron chi connectivity index (χ1n) is 6.90. The molecule has 1 saturated carbocycles. The number of likely N-dealkylation sites (tertiary alicyclic amines) is 1. The summed E-state index contributed by atoms with van der Waals surface area (Å²) >= 11 is 0. The van der Waals surface area contributed by atoms with Gasteiger partial charge in [-0.1, -0.05) is 12.8 Å². The Kier molecular flexibility index (Phi) is 4.11. The molecule has 0 radical (unpaired) electrons. The van der Waals surface area contributed by atoms with Crippen molar-refractivity contribution in [1.29, 1.82) is 0 Å². The number of Topliss-reactive ketones (excluding diaryl/α,β-unsaturated/α-hetero) is 1. The molecule has 0 spiro atoms. The Morgan fingerprint density at radius 3 is 2.17 bits per heavy atom. The molecule has 0 amide bonds. The van der Waals surface area contributed by atoms with E-state index in [4.69, 9.17) is 0 Å². The van der Waals surface area contributed by atoms with Crippen molar-refractivity contribution in [2.45, 2.75) is 50.5 Å². The molecule has 0 bridgehead atoms. The van der Waals surface area contributed by atoms with Crippen LogP contribution in [0.4, 0.5) is 0 Å². The van der Waals surface area contributed by atoms with Gasteiger partial charge < -0.3 is 0 Å². The van der Waals surface area contributed by atoms with Gasteiger partial charge in [0.2, 0.25) is 0 Å². The third kappa shape index (κ3) is 2.94. The van der Waals surface area contributed by atoms with Crippen LogP contribution in [0.2, 0.25) is 0 Å². The average Bonchev–Trinajstić information content (AvgIpc) is 2.95. The quantitative estimate of drug-likeness (QED) is 0.760. The van der Waals surface area contributed by atoms with Crippen molar-refractivity contribution < 1.29 is 13.2 Å². The minimum absolute atomic E-state index is 0.00141. The third-order valence-corrected chi connectivity index (χ3v) is 5.31. The van der Waals surface area contributed by atoms with Gasteiger partial charge in [-0.05, 0) is 38.8 Å². The number of carbonyl (C=O) groups excluding carboxylic acids is 1. The number of nitrogens with zero attached hydrogens (tertiary/aromatic N) is 1. The van der Waals surface area contributed by atoms with Crippen molar-refractivity contribution in [3.8, 4) is 0 Å². The normalized spacial score (nSPS) is 24.5. The largest absolute Gasteiger partial charge is 0.298 e. The summed E-state index contributed by atoms with van der Waals surface area (Å²) in [4.78, 5) is 14.8.